The molecule has 9 heteroatoms. The molecule has 3 N–H and O–H groups in total. The van der Waals surface area contributed by atoms with Crippen molar-refractivity contribution in [1.29, 1.82) is 0 Å². The number of anilines is 2. The number of halogens is 1. The van der Waals surface area contributed by atoms with Gasteiger partial charge in [0.2, 0.25) is 5.91 Å². The van der Waals surface area contributed by atoms with Crippen LogP contribution >= 0.6 is 22.9 Å². The van der Waals surface area contributed by atoms with Gasteiger partial charge in [-0.15, -0.1) is 0 Å². The minimum atomic E-state index is -0.435. The number of nitrogen functional groups attached to an aromatic ring is 1. The molecule has 1 aromatic rings. The van der Waals surface area contributed by atoms with E-state index in [0.717, 1.165) is 31.7 Å². The molecule has 35 heavy (non-hydrogen) atoms. The van der Waals surface area contributed by atoms with Crippen LogP contribution in [0, 0.1) is 0 Å². The number of allylic oxidation sites excluding steroid dienone is 1. The largest absolute Gasteiger partial charge is 0.397 e. The molecule has 1 aromatic carbocycles. The highest BCUT2D eigenvalue weighted by atomic mass is 127. The van der Waals surface area contributed by atoms with Crippen molar-refractivity contribution >= 4 is 40.1 Å². The fourth-order valence-corrected chi connectivity index (χ4v) is 5.56. The zero-order valence-electron chi connectivity index (χ0n) is 20.5. The molecule has 1 amide bonds. The fraction of sp³-hybridized carbons (Fsp3) is 0.577. The van der Waals surface area contributed by atoms with Gasteiger partial charge in [0, 0.05) is 19.0 Å². The summed E-state index contributed by atoms with van der Waals surface area (Å²) in [5.41, 5.74) is 8.21. The average molecular weight is 597 g/mol. The number of nitrogens with two attached hydrogens (primary N) is 1. The summed E-state index contributed by atoms with van der Waals surface area (Å²) in [5, 5.41) is 3.29. The molecule has 2 heterocycles. The molecule has 3 atom stereocenters. The zero-order valence-corrected chi connectivity index (χ0v) is 22.6. The smallest absolute Gasteiger partial charge is 0.220 e. The number of hydrogen-bond acceptors (Lipinski definition) is 7. The number of nitrogens with zero attached hydrogens (tertiary/aromatic N) is 2. The van der Waals surface area contributed by atoms with Crippen molar-refractivity contribution in [3.8, 4) is 0 Å². The van der Waals surface area contributed by atoms with Crippen LogP contribution in [-0.4, -0.2) is 68.0 Å². The van der Waals surface area contributed by atoms with Crippen LogP contribution in [0.3, 0.4) is 0 Å². The first-order valence-corrected chi connectivity index (χ1v) is 13.5. The predicted octanol–water partition coefficient (Wildman–Crippen LogP) is 3.78. The normalized spacial score (nSPS) is 25.1. The molecule has 0 radical (unpaired) electrons. The van der Waals surface area contributed by atoms with Crippen molar-refractivity contribution < 1.29 is 19.1 Å². The molecule has 2 saturated heterocycles. The van der Waals surface area contributed by atoms with Gasteiger partial charge < -0.3 is 25.4 Å². The summed E-state index contributed by atoms with van der Waals surface area (Å²) in [5.74, 6) is 0.0544. The minimum Gasteiger partial charge on any atom is -0.397 e. The highest BCUT2D eigenvalue weighted by Crippen LogP contribution is 2.32. The fourth-order valence-electron chi connectivity index (χ4n) is 4.93. The van der Waals surface area contributed by atoms with Gasteiger partial charge in [0.25, 0.3) is 0 Å². The first kappa shape index (κ1) is 26.4. The summed E-state index contributed by atoms with van der Waals surface area (Å²) >= 11 is 2.08. The summed E-state index contributed by atoms with van der Waals surface area (Å²) in [6.45, 7) is 6.80. The van der Waals surface area contributed by atoms with Gasteiger partial charge in [-0.3, -0.25) is 9.63 Å². The van der Waals surface area contributed by atoms with E-state index < -0.39 is 5.60 Å². The zero-order chi connectivity index (χ0) is 24.7. The summed E-state index contributed by atoms with van der Waals surface area (Å²) < 4.78 is 13.5. The van der Waals surface area contributed by atoms with Gasteiger partial charge in [-0.2, -0.15) is 3.28 Å². The van der Waals surface area contributed by atoms with E-state index in [9.17, 15) is 4.79 Å². The molecular weight excluding hydrogens is 559 g/mol. The third-order valence-electron chi connectivity index (χ3n) is 6.72. The van der Waals surface area contributed by atoms with Crippen LogP contribution in [0.1, 0.15) is 39.0 Å². The molecular formula is C26H37IN4O4. The van der Waals surface area contributed by atoms with E-state index >= 15 is 0 Å². The molecule has 0 saturated carbocycles. The van der Waals surface area contributed by atoms with Crippen molar-refractivity contribution in [2.75, 3.05) is 48.5 Å². The molecule has 3 aliphatic rings. The minimum absolute atomic E-state index is 0.0460. The van der Waals surface area contributed by atoms with E-state index in [4.69, 9.17) is 20.0 Å². The van der Waals surface area contributed by atoms with Crippen LogP contribution in [0.15, 0.2) is 48.1 Å². The first-order valence-electron chi connectivity index (χ1n) is 12.5. The van der Waals surface area contributed by atoms with Crippen molar-refractivity contribution in [3.05, 3.63) is 48.1 Å². The lowest BCUT2D eigenvalue weighted by Crippen LogP contribution is -2.48. The van der Waals surface area contributed by atoms with Crippen molar-refractivity contribution in [1.82, 2.24) is 10.2 Å². The Balaban J connectivity index is 1.28. The Morgan fingerprint density at radius 2 is 2.14 bits per heavy atom. The number of carbonyl (C=O) groups is 1. The maximum absolute atomic E-state index is 12.8. The monoisotopic (exact) mass is 596 g/mol. The number of likely N-dealkylation sites (tertiary alicyclic amines) is 1. The van der Waals surface area contributed by atoms with Crippen LogP contribution in [0.4, 0.5) is 11.4 Å². The number of fused-ring (bicyclic) bond motifs is 1. The molecule has 4 rings (SSSR count). The Hall–Kier alpha value is -1.66. The second-order valence-corrected chi connectivity index (χ2v) is 10.5. The van der Waals surface area contributed by atoms with Crippen LogP contribution in [0.2, 0.25) is 0 Å². The van der Waals surface area contributed by atoms with Crippen LogP contribution < -0.4 is 14.3 Å². The van der Waals surface area contributed by atoms with Gasteiger partial charge >= 0.3 is 0 Å². The summed E-state index contributed by atoms with van der Waals surface area (Å²) in [6, 6.07) is 7.59. The van der Waals surface area contributed by atoms with E-state index in [2.05, 4.69) is 58.2 Å². The number of nitrogens with one attached hydrogen (secondary N) is 1. The third kappa shape index (κ3) is 7.42. The average Bonchev–Trinajstić information content (AvgIpc) is 3.34. The highest BCUT2D eigenvalue weighted by molar-refractivity contribution is 14.1. The van der Waals surface area contributed by atoms with E-state index in [1.54, 1.807) is 3.28 Å². The van der Waals surface area contributed by atoms with Gasteiger partial charge in [0.15, 0.2) is 0 Å². The maximum atomic E-state index is 12.8. The molecule has 2 aliphatic heterocycles. The SMILES string of the molecule is CC12C=C(C[C@@H](CN3CCCC3)NC(=O)CCCON(I)c3ccccc3N)C=CC1OCCO2. The van der Waals surface area contributed by atoms with Crippen molar-refractivity contribution in [2.24, 2.45) is 0 Å². The summed E-state index contributed by atoms with van der Waals surface area (Å²) in [6.07, 6.45) is 10.6. The molecule has 0 bridgehead atoms. The van der Waals surface area contributed by atoms with Crippen LogP contribution in [0.25, 0.3) is 0 Å². The molecule has 0 spiro atoms. The topological polar surface area (TPSA) is 89.3 Å². The van der Waals surface area contributed by atoms with E-state index in [-0.39, 0.29) is 18.1 Å². The second-order valence-electron chi connectivity index (χ2n) is 9.62. The molecule has 2 fully saturated rings. The molecule has 2 unspecified atom stereocenters. The van der Waals surface area contributed by atoms with Crippen molar-refractivity contribution in [3.63, 3.8) is 0 Å². The third-order valence-corrected chi connectivity index (χ3v) is 7.52. The van der Waals surface area contributed by atoms with Gasteiger partial charge in [0.05, 0.1) is 54.1 Å². The van der Waals surface area contributed by atoms with E-state index in [1.165, 1.54) is 18.4 Å². The Kier molecular flexibility index (Phi) is 9.46. The van der Waals surface area contributed by atoms with Gasteiger partial charge in [0.1, 0.15) is 11.7 Å². The van der Waals surface area contributed by atoms with E-state index in [1.807, 2.05) is 24.3 Å². The summed E-state index contributed by atoms with van der Waals surface area (Å²) in [4.78, 5) is 21.0. The summed E-state index contributed by atoms with van der Waals surface area (Å²) in [7, 11) is 0. The Bertz CT molecular complexity index is 920. The quantitative estimate of drug-likeness (QED) is 0.132. The standard InChI is InChI=1S/C26H37IN4O4/c1-26-18-20(10-11-24(26)33-15-16-34-26)17-21(19-30-12-4-5-13-30)29-25(32)9-6-14-35-31(27)23-8-3-2-7-22(23)28/h2-3,7-8,10-11,18,21,24H,4-6,9,12-17,19,28H2,1H3,(H,29,32)/t21-,24?,26?/m0/s1. The lowest BCUT2D eigenvalue weighted by molar-refractivity contribution is -0.155. The Morgan fingerprint density at radius 3 is 2.94 bits per heavy atom. The van der Waals surface area contributed by atoms with Crippen LogP contribution in [-0.2, 0) is 19.1 Å². The lowest BCUT2D eigenvalue weighted by Gasteiger charge is -2.40. The van der Waals surface area contributed by atoms with Crippen molar-refractivity contribution in [2.45, 2.75) is 56.8 Å². The van der Waals surface area contributed by atoms with Gasteiger partial charge in [-0.25, -0.2) is 0 Å². The molecule has 8 nitrogen and oxygen atoms in total. The number of para-hydroxylation sites is 2. The highest BCUT2D eigenvalue weighted by Gasteiger charge is 2.38. The lowest BCUT2D eigenvalue weighted by atomic mass is 9.87. The predicted molar refractivity (Wildman–Crippen MR) is 146 cm³/mol. The van der Waals surface area contributed by atoms with E-state index in [0.29, 0.717) is 38.3 Å². The Labute approximate surface area is 222 Å². The molecule has 192 valence electrons. The number of hydrogen-bond donors (Lipinski definition) is 2. The molecule has 0 aromatic heterocycles. The molecule has 1 aliphatic carbocycles. The number of benzene rings is 1. The maximum Gasteiger partial charge on any atom is 0.220 e. The van der Waals surface area contributed by atoms with Crippen LogP contribution in [0.5, 0.6) is 0 Å². The Morgan fingerprint density at radius 1 is 1.34 bits per heavy atom. The van der Waals surface area contributed by atoms with Gasteiger partial charge in [-0.05, 0) is 69.5 Å². The number of amides is 1. The number of carbonyl (C=O) groups excluding carboxylic acids is 1. The van der Waals surface area contributed by atoms with Gasteiger partial charge in [-0.1, -0.05) is 24.3 Å². The first-order chi connectivity index (χ1) is 16.9. The number of rotatable bonds is 11. The second kappa shape index (κ2) is 12.5. The number of ether oxygens (including phenoxy) is 2.